The van der Waals surface area contributed by atoms with Crippen molar-refractivity contribution in [3.63, 3.8) is 0 Å². The van der Waals surface area contributed by atoms with Crippen LogP contribution in [0.1, 0.15) is 5.56 Å². The molecule has 1 aliphatic heterocycles. The van der Waals surface area contributed by atoms with Gasteiger partial charge in [0, 0.05) is 5.56 Å². The number of benzene rings is 1. The Morgan fingerprint density at radius 3 is 2.58 bits per heavy atom. The summed E-state index contributed by atoms with van der Waals surface area (Å²) in [5, 5.41) is 6.16. The molecule has 0 radical (unpaired) electrons. The number of methoxy groups -OCH3 is 1. The Morgan fingerprint density at radius 1 is 1.37 bits per heavy atom. The van der Waals surface area contributed by atoms with Gasteiger partial charge in [-0.2, -0.15) is 13.2 Å². The number of esters is 1. The van der Waals surface area contributed by atoms with Crippen LogP contribution in [0.25, 0.3) is 0 Å². The summed E-state index contributed by atoms with van der Waals surface area (Å²) in [6.07, 6.45) is -4.59. The maximum Gasteiger partial charge on any atom is 0.442 e. The van der Waals surface area contributed by atoms with Gasteiger partial charge in [-0.1, -0.05) is 12.1 Å². The Hall–Kier alpha value is -2.12. The van der Waals surface area contributed by atoms with Crippen LogP contribution >= 0.6 is 0 Å². The number of nitrogens with zero attached hydrogens (tertiary/aromatic N) is 2. The van der Waals surface area contributed by atoms with E-state index in [2.05, 4.69) is 15.0 Å². The van der Waals surface area contributed by atoms with Gasteiger partial charge in [-0.15, -0.1) is 10.2 Å². The highest BCUT2D eigenvalue weighted by Gasteiger charge is 2.65. The molecule has 8 heteroatoms. The van der Waals surface area contributed by atoms with Crippen molar-refractivity contribution in [2.75, 3.05) is 13.7 Å². The van der Waals surface area contributed by atoms with Gasteiger partial charge in [0.2, 0.25) is 0 Å². The van der Waals surface area contributed by atoms with Crippen LogP contribution in [-0.2, 0) is 15.2 Å². The van der Waals surface area contributed by atoms with Gasteiger partial charge in [0.15, 0.2) is 6.61 Å². The Labute approximate surface area is 106 Å². The van der Waals surface area contributed by atoms with E-state index >= 15 is 0 Å². The number of rotatable bonds is 4. The third kappa shape index (κ3) is 2.51. The smallest absolute Gasteiger partial charge is 0.442 e. The van der Waals surface area contributed by atoms with Crippen molar-refractivity contribution in [1.82, 2.24) is 0 Å². The molecule has 0 saturated carbocycles. The minimum absolute atomic E-state index is 0.115. The van der Waals surface area contributed by atoms with E-state index in [-0.39, 0.29) is 17.9 Å². The molecule has 0 spiro atoms. The lowest BCUT2D eigenvalue weighted by Gasteiger charge is -2.15. The van der Waals surface area contributed by atoms with Crippen LogP contribution in [0.3, 0.4) is 0 Å². The summed E-state index contributed by atoms with van der Waals surface area (Å²) in [6, 6.07) is 5.20. The number of carbonyl (C=O) groups excluding carboxylic acids is 1. The van der Waals surface area contributed by atoms with Gasteiger partial charge >= 0.3 is 17.8 Å². The normalized spacial score (nSPS) is 16.0. The molecule has 0 aromatic heterocycles. The first-order valence-electron chi connectivity index (χ1n) is 5.20. The van der Waals surface area contributed by atoms with Crippen LogP contribution in [0.2, 0.25) is 0 Å². The topological polar surface area (TPSA) is 60.2 Å². The summed E-state index contributed by atoms with van der Waals surface area (Å²) in [5.41, 5.74) is -2.64. The third-order valence-corrected chi connectivity index (χ3v) is 2.52. The van der Waals surface area contributed by atoms with Crippen LogP contribution in [0, 0.1) is 0 Å². The largest absolute Gasteiger partial charge is 0.482 e. The molecule has 0 N–H and O–H groups in total. The molecule has 2 rings (SSSR count). The predicted molar refractivity (Wildman–Crippen MR) is 56.5 cm³/mol. The van der Waals surface area contributed by atoms with Gasteiger partial charge in [0.1, 0.15) is 5.75 Å². The third-order valence-electron chi connectivity index (χ3n) is 2.52. The standard InChI is InChI=1S/C11H9F3N2O3/c1-18-9(17)6-19-8-4-2-3-7(5-8)10(15-16-10)11(12,13)14/h2-5H,6H2,1H3. The molecule has 1 heterocycles. The molecule has 0 bridgehead atoms. The summed E-state index contributed by atoms with van der Waals surface area (Å²) in [6.45, 7) is -0.382. The highest BCUT2D eigenvalue weighted by atomic mass is 19.4. The van der Waals surface area contributed by atoms with E-state index in [0.29, 0.717) is 0 Å². The number of halogens is 3. The van der Waals surface area contributed by atoms with Crippen molar-refractivity contribution >= 4 is 5.97 Å². The molecule has 0 fully saturated rings. The van der Waals surface area contributed by atoms with Crippen LogP contribution in [0.5, 0.6) is 5.75 Å². The van der Waals surface area contributed by atoms with Crippen molar-refractivity contribution in [3.8, 4) is 5.75 Å². The van der Waals surface area contributed by atoms with E-state index in [4.69, 9.17) is 4.74 Å². The molecule has 1 aromatic carbocycles. The fourth-order valence-electron chi connectivity index (χ4n) is 1.45. The van der Waals surface area contributed by atoms with Crippen LogP contribution in [0.4, 0.5) is 13.2 Å². The number of hydrogen-bond acceptors (Lipinski definition) is 5. The minimum Gasteiger partial charge on any atom is -0.482 e. The van der Waals surface area contributed by atoms with E-state index < -0.39 is 17.8 Å². The fourth-order valence-corrected chi connectivity index (χ4v) is 1.45. The molecule has 1 aliphatic rings. The Kier molecular flexibility index (Phi) is 3.17. The van der Waals surface area contributed by atoms with E-state index in [1.54, 1.807) is 0 Å². The summed E-state index contributed by atoms with van der Waals surface area (Å²) in [7, 11) is 1.18. The first-order valence-corrected chi connectivity index (χ1v) is 5.20. The molecule has 5 nitrogen and oxygen atoms in total. The zero-order chi connectivity index (χ0) is 14.1. The lowest BCUT2D eigenvalue weighted by Crippen LogP contribution is -2.30. The van der Waals surface area contributed by atoms with E-state index in [9.17, 15) is 18.0 Å². The Balaban J connectivity index is 2.14. The Morgan fingerprint density at radius 2 is 2.05 bits per heavy atom. The van der Waals surface area contributed by atoms with Crippen LogP contribution in [0.15, 0.2) is 34.5 Å². The molecule has 19 heavy (non-hydrogen) atoms. The lowest BCUT2D eigenvalue weighted by molar-refractivity contribution is -0.166. The number of carbonyl (C=O) groups is 1. The molecule has 0 unspecified atom stereocenters. The van der Waals surface area contributed by atoms with Crippen molar-refractivity contribution in [2.45, 2.75) is 11.8 Å². The highest BCUT2D eigenvalue weighted by molar-refractivity contribution is 5.70. The van der Waals surface area contributed by atoms with E-state index in [0.717, 1.165) is 6.07 Å². The van der Waals surface area contributed by atoms with Gasteiger partial charge in [-0.25, -0.2) is 4.79 Å². The average molecular weight is 274 g/mol. The lowest BCUT2D eigenvalue weighted by atomic mass is 10.0. The molecule has 0 atom stereocenters. The summed E-state index contributed by atoms with van der Waals surface area (Å²) < 4.78 is 47.7. The zero-order valence-electron chi connectivity index (χ0n) is 9.77. The fraction of sp³-hybridized carbons (Fsp3) is 0.364. The molecular formula is C11H9F3N2O3. The van der Waals surface area contributed by atoms with Gasteiger partial charge in [0.25, 0.3) is 0 Å². The second-order valence-corrected chi connectivity index (χ2v) is 3.76. The van der Waals surface area contributed by atoms with Gasteiger partial charge in [-0.05, 0) is 12.1 Å². The number of alkyl halides is 3. The molecule has 102 valence electrons. The SMILES string of the molecule is COC(=O)COc1cccc(C2(C(F)(F)F)N=N2)c1. The maximum atomic E-state index is 12.8. The zero-order valence-corrected chi connectivity index (χ0v) is 9.77. The van der Waals surface area contributed by atoms with E-state index in [1.807, 2.05) is 0 Å². The predicted octanol–water partition coefficient (Wildman–Crippen LogP) is 2.42. The summed E-state index contributed by atoms with van der Waals surface area (Å²) in [4.78, 5) is 10.9. The van der Waals surface area contributed by atoms with Gasteiger partial charge < -0.3 is 9.47 Å². The van der Waals surface area contributed by atoms with Crippen molar-refractivity contribution in [2.24, 2.45) is 10.2 Å². The summed E-state index contributed by atoms with van der Waals surface area (Å²) >= 11 is 0. The molecule has 0 aliphatic carbocycles. The van der Waals surface area contributed by atoms with Crippen LogP contribution < -0.4 is 4.74 Å². The van der Waals surface area contributed by atoms with Crippen molar-refractivity contribution in [3.05, 3.63) is 29.8 Å². The molecule has 1 aromatic rings. The monoisotopic (exact) mass is 274 g/mol. The second kappa shape index (κ2) is 4.52. The van der Waals surface area contributed by atoms with E-state index in [1.165, 1.54) is 25.3 Å². The highest BCUT2D eigenvalue weighted by Crippen LogP contribution is 2.52. The van der Waals surface area contributed by atoms with Crippen molar-refractivity contribution < 1.29 is 27.4 Å². The first-order chi connectivity index (χ1) is 8.89. The molecular weight excluding hydrogens is 265 g/mol. The number of ether oxygens (including phenoxy) is 2. The van der Waals surface area contributed by atoms with Crippen molar-refractivity contribution in [1.29, 1.82) is 0 Å². The second-order valence-electron chi connectivity index (χ2n) is 3.76. The molecule has 0 amide bonds. The van der Waals surface area contributed by atoms with Gasteiger partial charge in [0.05, 0.1) is 7.11 Å². The minimum atomic E-state index is -4.59. The average Bonchev–Trinajstić information content (AvgIpc) is 3.17. The molecule has 0 saturated heterocycles. The van der Waals surface area contributed by atoms with Crippen LogP contribution in [-0.4, -0.2) is 25.9 Å². The number of hydrogen-bond donors (Lipinski definition) is 0. The quantitative estimate of drug-likeness (QED) is 0.792. The summed E-state index contributed by atoms with van der Waals surface area (Å²) in [5.74, 6) is -0.513. The Bertz CT molecular complexity index is 522. The first kappa shape index (κ1) is 13.3. The van der Waals surface area contributed by atoms with Gasteiger partial charge in [-0.3, -0.25) is 0 Å². The maximum absolute atomic E-state index is 12.8.